The van der Waals surface area contributed by atoms with Crippen LogP contribution in [0.25, 0.3) is 0 Å². The highest BCUT2D eigenvalue weighted by molar-refractivity contribution is 4.83. The Labute approximate surface area is 89.1 Å². The van der Waals surface area contributed by atoms with Crippen molar-refractivity contribution in [3.8, 4) is 0 Å². The second-order valence-electron chi connectivity index (χ2n) is 4.38. The molecule has 2 nitrogen and oxygen atoms in total. The van der Waals surface area contributed by atoms with Crippen molar-refractivity contribution in [1.82, 2.24) is 10.2 Å². The summed E-state index contributed by atoms with van der Waals surface area (Å²) in [6.07, 6.45) is 8.44. The molecule has 0 radical (unpaired) electrons. The van der Waals surface area contributed by atoms with Crippen LogP contribution < -0.4 is 5.32 Å². The van der Waals surface area contributed by atoms with E-state index in [4.69, 9.17) is 0 Å². The Balaban J connectivity index is 1.86. The first-order valence-corrected chi connectivity index (χ1v) is 6.27. The van der Waals surface area contributed by atoms with Crippen LogP contribution in [0, 0.1) is 0 Å². The highest BCUT2D eigenvalue weighted by Crippen LogP contribution is 2.26. The maximum atomic E-state index is 3.20. The smallest absolute Gasteiger partial charge is 0.00963 e. The van der Waals surface area contributed by atoms with E-state index in [9.17, 15) is 0 Å². The molecular formula is C12H26N2. The predicted molar refractivity (Wildman–Crippen MR) is 62.7 cm³/mol. The fraction of sp³-hybridized carbons (Fsp3) is 1.00. The van der Waals surface area contributed by atoms with Gasteiger partial charge in [-0.2, -0.15) is 0 Å². The molecule has 0 aliphatic heterocycles. The largest absolute Gasteiger partial charge is 0.320 e. The number of rotatable bonds is 9. The molecule has 0 saturated heterocycles. The summed E-state index contributed by atoms with van der Waals surface area (Å²) in [5, 5.41) is 3.20. The maximum absolute atomic E-state index is 3.20. The summed E-state index contributed by atoms with van der Waals surface area (Å²) in [7, 11) is 2.03. The van der Waals surface area contributed by atoms with Crippen LogP contribution in [0.3, 0.4) is 0 Å². The summed E-state index contributed by atoms with van der Waals surface area (Å²) < 4.78 is 0. The predicted octanol–water partition coefficient (Wildman–Crippen LogP) is 2.25. The maximum Gasteiger partial charge on any atom is 0.00963 e. The highest BCUT2D eigenvalue weighted by atomic mass is 15.2. The molecule has 0 unspecified atom stereocenters. The third-order valence-corrected chi connectivity index (χ3v) is 3.09. The lowest BCUT2D eigenvalue weighted by molar-refractivity contribution is 0.270. The van der Waals surface area contributed by atoms with Crippen molar-refractivity contribution in [3.05, 3.63) is 0 Å². The lowest BCUT2D eigenvalue weighted by Gasteiger charge is -2.19. The molecule has 0 bridgehead atoms. The number of nitrogens with zero attached hydrogens (tertiary/aromatic N) is 1. The van der Waals surface area contributed by atoms with Crippen LogP contribution in [-0.4, -0.2) is 37.6 Å². The number of hydrogen-bond donors (Lipinski definition) is 1. The van der Waals surface area contributed by atoms with E-state index in [1.165, 1.54) is 58.2 Å². The molecule has 0 aromatic rings. The van der Waals surface area contributed by atoms with Gasteiger partial charge in [-0.15, -0.1) is 0 Å². The third kappa shape index (κ3) is 4.97. The molecular weight excluding hydrogens is 172 g/mol. The minimum absolute atomic E-state index is 0.956. The van der Waals surface area contributed by atoms with Crippen LogP contribution in [0.1, 0.15) is 45.4 Å². The zero-order valence-corrected chi connectivity index (χ0v) is 9.89. The van der Waals surface area contributed by atoms with Crippen molar-refractivity contribution in [2.45, 2.75) is 51.5 Å². The standard InChI is InChI=1S/C12H26N2/c1-3-14(12-8-9-12)11-7-5-4-6-10-13-2/h12-13H,3-11H2,1-2H3. The molecule has 1 fully saturated rings. The second kappa shape index (κ2) is 7.24. The van der Waals surface area contributed by atoms with E-state index >= 15 is 0 Å². The van der Waals surface area contributed by atoms with E-state index in [2.05, 4.69) is 17.1 Å². The molecule has 0 aromatic heterocycles. The first-order valence-electron chi connectivity index (χ1n) is 6.27. The zero-order valence-electron chi connectivity index (χ0n) is 9.89. The van der Waals surface area contributed by atoms with Gasteiger partial charge in [-0.3, -0.25) is 0 Å². The molecule has 1 saturated carbocycles. The molecule has 1 N–H and O–H groups in total. The normalized spacial score (nSPS) is 16.5. The zero-order chi connectivity index (χ0) is 10.2. The molecule has 0 atom stereocenters. The number of nitrogens with one attached hydrogen (secondary N) is 1. The molecule has 0 aromatic carbocycles. The van der Waals surface area contributed by atoms with E-state index < -0.39 is 0 Å². The Hall–Kier alpha value is -0.0800. The summed E-state index contributed by atoms with van der Waals surface area (Å²) in [6, 6.07) is 0.956. The van der Waals surface area contributed by atoms with Gasteiger partial charge in [0, 0.05) is 6.04 Å². The van der Waals surface area contributed by atoms with Crippen LogP contribution in [0.5, 0.6) is 0 Å². The van der Waals surface area contributed by atoms with Crippen LogP contribution >= 0.6 is 0 Å². The van der Waals surface area contributed by atoms with Crippen molar-refractivity contribution in [2.75, 3.05) is 26.7 Å². The van der Waals surface area contributed by atoms with Gasteiger partial charge < -0.3 is 10.2 Å². The monoisotopic (exact) mass is 198 g/mol. The minimum Gasteiger partial charge on any atom is -0.320 e. The van der Waals surface area contributed by atoms with Crippen LogP contribution in [0.15, 0.2) is 0 Å². The van der Waals surface area contributed by atoms with Crippen molar-refractivity contribution in [3.63, 3.8) is 0 Å². The van der Waals surface area contributed by atoms with Gasteiger partial charge in [-0.25, -0.2) is 0 Å². The molecule has 1 rings (SSSR count). The van der Waals surface area contributed by atoms with E-state index in [0.29, 0.717) is 0 Å². The van der Waals surface area contributed by atoms with Gasteiger partial charge in [-0.05, 0) is 52.4 Å². The Morgan fingerprint density at radius 1 is 1.14 bits per heavy atom. The minimum atomic E-state index is 0.956. The average Bonchev–Trinajstić information content (AvgIpc) is 3.01. The highest BCUT2D eigenvalue weighted by Gasteiger charge is 2.26. The molecule has 0 spiro atoms. The van der Waals surface area contributed by atoms with Crippen molar-refractivity contribution in [1.29, 1.82) is 0 Å². The molecule has 0 heterocycles. The Morgan fingerprint density at radius 2 is 1.86 bits per heavy atom. The van der Waals surface area contributed by atoms with E-state index in [1.807, 2.05) is 7.05 Å². The molecule has 14 heavy (non-hydrogen) atoms. The van der Waals surface area contributed by atoms with Gasteiger partial charge in [0.05, 0.1) is 0 Å². The first-order chi connectivity index (χ1) is 6.88. The SMILES string of the molecule is CCN(CCCCCCNC)C1CC1. The lowest BCUT2D eigenvalue weighted by atomic mass is 10.2. The summed E-state index contributed by atoms with van der Waals surface area (Å²) in [6.45, 7) is 6.06. The van der Waals surface area contributed by atoms with Gasteiger partial charge in [-0.1, -0.05) is 19.8 Å². The molecule has 84 valence electrons. The van der Waals surface area contributed by atoms with E-state index in [-0.39, 0.29) is 0 Å². The summed E-state index contributed by atoms with van der Waals surface area (Å²) in [5.41, 5.74) is 0. The Morgan fingerprint density at radius 3 is 2.43 bits per heavy atom. The molecule has 1 aliphatic rings. The fourth-order valence-corrected chi connectivity index (χ4v) is 2.01. The van der Waals surface area contributed by atoms with Gasteiger partial charge >= 0.3 is 0 Å². The van der Waals surface area contributed by atoms with E-state index in [0.717, 1.165) is 6.04 Å². The van der Waals surface area contributed by atoms with Crippen LogP contribution in [0.2, 0.25) is 0 Å². The van der Waals surface area contributed by atoms with Gasteiger partial charge in [0.15, 0.2) is 0 Å². The third-order valence-electron chi connectivity index (χ3n) is 3.09. The average molecular weight is 198 g/mol. The lowest BCUT2D eigenvalue weighted by Crippen LogP contribution is -2.26. The van der Waals surface area contributed by atoms with E-state index in [1.54, 1.807) is 0 Å². The quantitative estimate of drug-likeness (QED) is 0.572. The molecule has 0 amide bonds. The van der Waals surface area contributed by atoms with Crippen LogP contribution in [0.4, 0.5) is 0 Å². The second-order valence-corrected chi connectivity index (χ2v) is 4.38. The van der Waals surface area contributed by atoms with Crippen molar-refractivity contribution < 1.29 is 0 Å². The number of unbranched alkanes of at least 4 members (excludes halogenated alkanes) is 3. The molecule has 1 aliphatic carbocycles. The van der Waals surface area contributed by atoms with Gasteiger partial charge in [0.25, 0.3) is 0 Å². The molecule has 2 heteroatoms. The van der Waals surface area contributed by atoms with Crippen molar-refractivity contribution >= 4 is 0 Å². The fourth-order valence-electron chi connectivity index (χ4n) is 2.01. The topological polar surface area (TPSA) is 15.3 Å². The number of hydrogen-bond acceptors (Lipinski definition) is 2. The summed E-state index contributed by atoms with van der Waals surface area (Å²) >= 11 is 0. The first kappa shape index (κ1) is 12.0. The van der Waals surface area contributed by atoms with Crippen molar-refractivity contribution in [2.24, 2.45) is 0 Å². The van der Waals surface area contributed by atoms with Gasteiger partial charge in [0.2, 0.25) is 0 Å². The Bertz CT molecular complexity index is 132. The Kier molecular flexibility index (Phi) is 6.20. The van der Waals surface area contributed by atoms with Gasteiger partial charge in [0.1, 0.15) is 0 Å². The van der Waals surface area contributed by atoms with Crippen LogP contribution in [-0.2, 0) is 0 Å². The summed E-state index contributed by atoms with van der Waals surface area (Å²) in [5.74, 6) is 0. The summed E-state index contributed by atoms with van der Waals surface area (Å²) in [4.78, 5) is 2.65.